The second-order valence-electron chi connectivity index (χ2n) is 12.1. The molecule has 0 aliphatic heterocycles. The number of carbonyl (C=O) groups is 1. The standard InChI is InChI=1S/C27H40F2O2/c1-17(10-15-27(28,29)24(2,3)31)21-8-9-22-20-7-6-18-16-19(30)11-13-25(18,4)23(20)12-14-26(21,22)5/h11,13,16-17,20-23,31H,6-10,12,14-15H2,1-5H3/t17-,20+,21-,22+,23+,25+,26-/m1/s1. The summed E-state index contributed by atoms with van der Waals surface area (Å²) in [5.41, 5.74) is -0.418. The van der Waals surface area contributed by atoms with Gasteiger partial charge in [0.15, 0.2) is 5.78 Å². The van der Waals surface area contributed by atoms with Gasteiger partial charge < -0.3 is 5.11 Å². The highest BCUT2D eigenvalue weighted by Crippen LogP contribution is 2.67. The van der Waals surface area contributed by atoms with Crippen molar-refractivity contribution in [1.29, 1.82) is 0 Å². The summed E-state index contributed by atoms with van der Waals surface area (Å²) in [6.07, 6.45) is 12.9. The van der Waals surface area contributed by atoms with Crippen molar-refractivity contribution < 1.29 is 18.7 Å². The first-order valence-electron chi connectivity index (χ1n) is 12.3. The predicted octanol–water partition coefficient (Wildman–Crippen LogP) is 6.73. The number of carbonyl (C=O) groups excluding carboxylic acids is 1. The van der Waals surface area contributed by atoms with Crippen LogP contribution in [0.15, 0.2) is 23.8 Å². The van der Waals surface area contributed by atoms with Crippen LogP contribution in [0.1, 0.15) is 86.0 Å². The lowest BCUT2D eigenvalue weighted by Crippen LogP contribution is -2.50. The predicted molar refractivity (Wildman–Crippen MR) is 120 cm³/mol. The highest BCUT2D eigenvalue weighted by molar-refractivity contribution is 6.01. The van der Waals surface area contributed by atoms with E-state index in [1.165, 1.54) is 25.8 Å². The molecule has 4 heteroatoms. The second-order valence-corrected chi connectivity index (χ2v) is 12.1. The molecule has 0 saturated heterocycles. The number of rotatable bonds is 5. The van der Waals surface area contributed by atoms with E-state index >= 15 is 0 Å². The number of hydrogen-bond acceptors (Lipinski definition) is 2. The average molecular weight is 435 g/mol. The summed E-state index contributed by atoms with van der Waals surface area (Å²) in [5.74, 6) is -0.311. The van der Waals surface area contributed by atoms with E-state index in [0.29, 0.717) is 30.1 Å². The van der Waals surface area contributed by atoms with Crippen molar-refractivity contribution in [2.24, 2.45) is 40.4 Å². The van der Waals surface area contributed by atoms with Crippen LogP contribution >= 0.6 is 0 Å². The fourth-order valence-corrected chi connectivity index (χ4v) is 8.09. The Morgan fingerprint density at radius 3 is 2.55 bits per heavy atom. The van der Waals surface area contributed by atoms with Gasteiger partial charge in [0.05, 0.1) is 0 Å². The SMILES string of the molecule is C[C@H](CCC(F)(F)C(C)(C)O)[C@H]1CC[C@H]2[C@@H]3CCC4=CC(=O)C=C[C@]4(C)[C@H]3CC[C@]12C. The van der Waals surface area contributed by atoms with Gasteiger partial charge in [-0.1, -0.05) is 32.4 Å². The molecule has 0 aromatic carbocycles. The highest BCUT2D eigenvalue weighted by Gasteiger charge is 2.59. The van der Waals surface area contributed by atoms with Crippen molar-refractivity contribution in [2.45, 2.75) is 97.5 Å². The molecule has 0 aromatic rings. The number of ketones is 1. The molecular weight excluding hydrogens is 394 g/mol. The zero-order valence-electron chi connectivity index (χ0n) is 19.9. The molecule has 0 amide bonds. The molecule has 0 heterocycles. The first kappa shape index (κ1) is 23.1. The van der Waals surface area contributed by atoms with Crippen LogP contribution in [0.25, 0.3) is 0 Å². The summed E-state index contributed by atoms with van der Waals surface area (Å²) < 4.78 is 28.7. The maximum absolute atomic E-state index is 14.4. The fourth-order valence-electron chi connectivity index (χ4n) is 8.09. The molecule has 0 spiro atoms. The monoisotopic (exact) mass is 434 g/mol. The Balaban J connectivity index is 1.49. The van der Waals surface area contributed by atoms with E-state index in [0.717, 1.165) is 32.1 Å². The third-order valence-electron chi connectivity index (χ3n) is 10.1. The third kappa shape index (κ3) is 3.65. The van der Waals surface area contributed by atoms with Gasteiger partial charge in [-0.15, -0.1) is 0 Å². The van der Waals surface area contributed by atoms with E-state index in [2.05, 4.69) is 26.8 Å². The van der Waals surface area contributed by atoms with Gasteiger partial charge in [0.25, 0.3) is 5.92 Å². The molecule has 0 unspecified atom stereocenters. The first-order chi connectivity index (χ1) is 14.3. The Morgan fingerprint density at radius 1 is 1.16 bits per heavy atom. The van der Waals surface area contributed by atoms with E-state index in [9.17, 15) is 18.7 Å². The lowest BCUT2D eigenvalue weighted by atomic mass is 9.47. The molecule has 0 radical (unpaired) electrons. The summed E-state index contributed by atoms with van der Waals surface area (Å²) in [6.45, 7) is 9.35. The Bertz CT molecular complexity index is 792. The molecule has 3 saturated carbocycles. The molecular formula is C27H40F2O2. The quantitative estimate of drug-likeness (QED) is 0.521. The van der Waals surface area contributed by atoms with Crippen LogP contribution in [0.5, 0.6) is 0 Å². The molecule has 31 heavy (non-hydrogen) atoms. The second kappa shape index (κ2) is 7.50. The van der Waals surface area contributed by atoms with Crippen LogP contribution in [0.2, 0.25) is 0 Å². The van der Waals surface area contributed by atoms with Crippen LogP contribution in [-0.4, -0.2) is 22.4 Å². The van der Waals surface area contributed by atoms with Gasteiger partial charge in [0.2, 0.25) is 0 Å². The minimum absolute atomic E-state index is 0.0105. The summed E-state index contributed by atoms with van der Waals surface area (Å²) in [7, 11) is 0. The van der Waals surface area contributed by atoms with E-state index in [-0.39, 0.29) is 29.0 Å². The number of aliphatic hydroxyl groups is 1. The summed E-state index contributed by atoms with van der Waals surface area (Å²) in [4.78, 5) is 11.9. The van der Waals surface area contributed by atoms with E-state index in [4.69, 9.17) is 0 Å². The maximum atomic E-state index is 14.4. The van der Waals surface area contributed by atoms with Crippen LogP contribution in [0.3, 0.4) is 0 Å². The van der Waals surface area contributed by atoms with Crippen molar-refractivity contribution in [1.82, 2.24) is 0 Å². The number of halogens is 2. The Labute approximate surface area is 186 Å². The molecule has 4 rings (SSSR count). The van der Waals surface area contributed by atoms with Crippen molar-refractivity contribution in [3.8, 4) is 0 Å². The van der Waals surface area contributed by atoms with Crippen molar-refractivity contribution in [3.05, 3.63) is 23.8 Å². The van der Waals surface area contributed by atoms with Gasteiger partial charge in [-0.3, -0.25) is 4.79 Å². The van der Waals surface area contributed by atoms with Crippen molar-refractivity contribution in [3.63, 3.8) is 0 Å². The zero-order chi connectivity index (χ0) is 22.8. The van der Waals surface area contributed by atoms with E-state index in [1.807, 2.05) is 6.08 Å². The van der Waals surface area contributed by atoms with Crippen LogP contribution in [0, 0.1) is 40.4 Å². The van der Waals surface area contributed by atoms with Crippen LogP contribution in [0.4, 0.5) is 8.78 Å². The molecule has 0 bridgehead atoms. The minimum Gasteiger partial charge on any atom is -0.384 e. The number of hydrogen-bond donors (Lipinski definition) is 1. The van der Waals surface area contributed by atoms with Crippen molar-refractivity contribution in [2.75, 3.05) is 0 Å². The number of fused-ring (bicyclic) bond motifs is 5. The Morgan fingerprint density at radius 2 is 1.87 bits per heavy atom. The van der Waals surface area contributed by atoms with Gasteiger partial charge in [-0.05, 0) is 106 Å². The fraction of sp³-hybridized carbons (Fsp3) is 0.815. The largest absolute Gasteiger partial charge is 0.384 e. The van der Waals surface area contributed by atoms with Gasteiger partial charge in [-0.25, -0.2) is 8.78 Å². The van der Waals surface area contributed by atoms with E-state index in [1.54, 1.807) is 6.08 Å². The normalized spacial score (nSPS) is 41.3. The van der Waals surface area contributed by atoms with Crippen molar-refractivity contribution >= 4 is 5.78 Å². The average Bonchev–Trinajstić information content (AvgIpc) is 3.03. The van der Waals surface area contributed by atoms with Gasteiger partial charge in [0, 0.05) is 11.8 Å². The molecule has 0 aromatic heterocycles. The smallest absolute Gasteiger partial charge is 0.275 e. The van der Waals surface area contributed by atoms with Crippen LogP contribution in [-0.2, 0) is 4.79 Å². The Hall–Kier alpha value is -1.03. The van der Waals surface area contributed by atoms with Gasteiger partial charge in [-0.2, -0.15) is 0 Å². The lowest BCUT2D eigenvalue weighted by molar-refractivity contribution is -0.168. The molecule has 2 nitrogen and oxygen atoms in total. The molecule has 4 aliphatic rings. The summed E-state index contributed by atoms with van der Waals surface area (Å²) in [6, 6.07) is 0. The molecule has 7 atom stereocenters. The number of alkyl halides is 2. The third-order valence-corrected chi connectivity index (χ3v) is 10.1. The van der Waals surface area contributed by atoms with Gasteiger partial charge in [0.1, 0.15) is 5.60 Å². The maximum Gasteiger partial charge on any atom is 0.275 e. The zero-order valence-corrected chi connectivity index (χ0v) is 19.9. The Kier molecular flexibility index (Phi) is 5.60. The molecule has 1 N–H and O–H groups in total. The van der Waals surface area contributed by atoms with Gasteiger partial charge >= 0.3 is 0 Å². The van der Waals surface area contributed by atoms with Crippen LogP contribution < -0.4 is 0 Å². The molecule has 3 fully saturated rings. The lowest BCUT2D eigenvalue weighted by Gasteiger charge is -2.57. The molecule has 174 valence electrons. The summed E-state index contributed by atoms with van der Waals surface area (Å²) in [5, 5.41) is 9.85. The topological polar surface area (TPSA) is 37.3 Å². The highest BCUT2D eigenvalue weighted by atomic mass is 19.3. The molecule has 4 aliphatic carbocycles. The summed E-state index contributed by atoms with van der Waals surface area (Å²) >= 11 is 0. The van der Waals surface area contributed by atoms with E-state index < -0.39 is 11.5 Å². The first-order valence-corrected chi connectivity index (χ1v) is 12.3. The number of allylic oxidation sites excluding steroid dienone is 4. The minimum atomic E-state index is -3.05.